The van der Waals surface area contributed by atoms with E-state index >= 15 is 0 Å². The van der Waals surface area contributed by atoms with Crippen molar-refractivity contribution in [1.82, 2.24) is 10.2 Å². The van der Waals surface area contributed by atoms with E-state index in [-0.39, 0.29) is 36.9 Å². The maximum atomic E-state index is 12.7. The molecule has 0 unspecified atom stereocenters. The molecule has 7 nitrogen and oxygen atoms in total. The molecule has 0 bridgehead atoms. The van der Waals surface area contributed by atoms with Crippen LogP contribution in [0.3, 0.4) is 0 Å². The average molecular weight is 447 g/mol. The van der Waals surface area contributed by atoms with Gasteiger partial charge < -0.3 is 20.1 Å². The third-order valence-electron chi connectivity index (χ3n) is 6.37. The maximum Gasteiger partial charge on any atom is 0.407 e. The number of aliphatic carboxylic acids is 1. The third kappa shape index (κ3) is 4.85. The molecule has 7 heteroatoms. The van der Waals surface area contributed by atoms with Crippen LogP contribution in [-0.4, -0.2) is 53.7 Å². The first-order valence-electron chi connectivity index (χ1n) is 11.0. The van der Waals surface area contributed by atoms with E-state index in [1.807, 2.05) is 24.3 Å². The highest BCUT2D eigenvalue weighted by molar-refractivity contribution is 5.84. The third-order valence-corrected chi connectivity index (χ3v) is 6.37. The zero-order valence-electron chi connectivity index (χ0n) is 18.2. The minimum absolute atomic E-state index is 0.0191. The number of fused-ring (bicyclic) bond motifs is 3. The Labute approximate surface area is 192 Å². The number of rotatable bonds is 7. The lowest BCUT2D eigenvalue weighted by molar-refractivity contribution is -0.145. The van der Waals surface area contributed by atoms with Crippen LogP contribution in [0.15, 0.2) is 48.5 Å². The van der Waals surface area contributed by atoms with Crippen LogP contribution in [0.2, 0.25) is 0 Å². The maximum absolute atomic E-state index is 12.7. The lowest BCUT2D eigenvalue weighted by Gasteiger charge is -2.22. The number of hydrogen-bond donors (Lipinski definition) is 2. The van der Waals surface area contributed by atoms with E-state index in [2.05, 4.69) is 35.5 Å². The summed E-state index contributed by atoms with van der Waals surface area (Å²) in [5, 5.41) is 11.9. The number of nitrogens with one attached hydrogen (secondary N) is 1. The Hall–Kier alpha value is -3.79. The van der Waals surface area contributed by atoms with Crippen molar-refractivity contribution in [1.29, 1.82) is 0 Å². The van der Waals surface area contributed by atoms with Gasteiger partial charge in [0.1, 0.15) is 13.2 Å². The van der Waals surface area contributed by atoms with Crippen LogP contribution in [0.4, 0.5) is 4.79 Å². The van der Waals surface area contributed by atoms with E-state index in [0.29, 0.717) is 19.3 Å². The van der Waals surface area contributed by atoms with Gasteiger partial charge in [0, 0.05) is 17.9 Å². The van der Waals surface area contributed by atoms with E-state index in [1.165, 1.54) is 4.90 Å². The summed E-state index contributed by atoms with van der Waals surface area (Å²) in [7, 11) is 0. The predicted molar refractivity (Wildman–Crippen MR) is 122 cm³/mol. The van der Waals surface area contributed by atoms with Crippen LogP contribution in [0, 0.1) is 18.3 Å². The zero-order chi connectivity index (χ0) is 23.4. The fourth-order valence-corrected chi connectivity index (χ4v) is 4.89. The molecule has 0 spiro atoms. The van der Waals surface area contributed by atoms with Crippen LogP contribution in [0.1, 0.15) is 36.3 Å². The second-order valence-corrected chi connectivity index (χ2v) is 8.47. The normalized spacial score (nSPS) is 18.6. The summed E-state index contributed by atoms with van der Waals surface area (Å²) in [6, 6.07) is 16.1. The Kier molecular flexibility index (Phi) is 6.64. The first-order chi connectivity index (χ1) is 16.0. The van der Waals surface area contributed by atoms with Crippen molar-refractivity contribution in [2.75, 3.05) is 19.7 Å². The molecule has 33 heavy (non-hydrogen) atoms. The summed E-state index contributed by atoms with van der Waals surface area (Å²) in [6.45, 7) is -0.250. The Morgan fingerprint density at radius 3 is 2.30 bits per heavy atom. The zero-order valence-corrected chi connectivity index (χ0v) is 18.2. The SMILES string of the molecule is C#CCN(CC(=O)O)C(=O)[C@H]1CC[C@@H](NC(=O)OCC2c3ccccc3-c3ccccc32)C1. The number of amides is 2. The molecule has 2 aromatic carbocycles. The van der Waals surface area contributed by atoms with Gasteiger partial charge in [-0.25, -0.2) is 4.79 Å². The molecule has 0 heterocycles. The lowest BCUT2D eigenvalue weighted by Crippen LogP contribution is -2.40. The number of alkyl carbamates (subject to hydrolysis) is 1. The molecule has 2 aromatic rings. The van der Waals surface area contributed by atoms with Gasteiger partial charge in [0.25, 0.3) is 0 Å². The monoisotopic (exact) mass is 446 g/mol. The number of benzene rings is 2. The van der Waals surface area contributed by atoms with E-state index in [9.17, 15) is 14.4 Å². The van der Waals surface area contributed by atoms with Crippen LogP contribution < -0.4 is 5.32 Å². The Morgan fingerprint density at radius 1 is 1.06 bits per heavy atom. The minimum atomic E-state index is -1.11. The van der Waals surface area contributed by atoms with Crippen molar-refractivity contribution in [2.45, 2.75) is 31.2 Å². The number of terminal acetylenes is 1. The molecule has 0 saturated heterocycles. The molecule has 1 saturated carbocycles. The molecule has 4 rings (SSSR count). The van der Waals surface area contributed by atoms with Gasteiger partial charge in [-0.05, 0) is 41.5 Å². The van der Waals surface area contributed by atoms with Gasteiger partial charge in [-0.1, -0.05) is 54.5 Å². The summed E-state index contributed by atoms with van der Waals surface area (Å²) < 4.78 is 5.59. The standard InChI is InChI=1S/C26H26N2O5/c1-2-13-28(15-24(29)30)25(31)17-11-12-18(14-17)27-26(32)33-16-23-21-9-5-3-7-19(21)20-8-4-6-10-22(20)23/h1,3-10,17-18,23H,11-16H2,(H,27,32)(H,29,30)/t17-,18+/m0/s1. The molecular formula is C26H26N2O5. The predicted octanol–water partition coefficient (Wildman–Crippen LogP) is 3.24. The number of nitrogens with zero attached hydrogens (tertiary/aromatic N) is 1. The van der Waals surface area contributed by atoms with Gasteiger partial charge in [0.05, 0.1) is 6.54 Å². The summed E-state index contributed by atoms with van der Waals surface area (Å²) >= 11 is 0. The topological polar surface area (TPSA) is 95.9 Å². The van der Waals surface area contributed by atoms with Crippen molar-refractivity contribution >= 4 is 18.0 Å². The van der Waals surface area contributed by atoms with Gasteiger partial charge >= 0.3 is 12.1 Å². The molecule has 2 atom stereocenters. The Balaban J connectivity index is 1.32. The average Bonchev–Trinajstić information content (AvgIpc) is 3.39. The molecule has 2 aliphatic carbocycles. The number of carbonyl (C=O) groups excluding carboxylic acids is 2. The highest BCUT2D eigenvalue weighted by atomic mass is 16.5. The van der Waals surface area contributed by atoms with Crippen molar-refractivity contribution in [2.24, 2.45) is 5.92 Å². The molecular weight excluding hydrogens is 420 g/mol. The highest BCUT2D eigenvalue weighted by Crippen LogP contribution is 2.44. The number of hydrogen-bond acceptors (Lipinski definition) is 4. The first kappa shape index (κ1) is 22.4. The molecule has 2 aliphatic rings. The van der Waals surface area contributed by atoms with Gasteiger partial charge in [-0.3, -0.25) is 9.59 Å². The van der Waals surface area contributed by atoms with E-state index in [0.717, 1.165) is 22.3 Å². The van der Waals surface area contributed by atoms with Crippen molar-refractivity contribution < 1.29 is 24.2 Å². The molecule has 2 amide bonds. The van der Waals surface area contributed by atoms with Gasteiger partial charge in [-0.2, -0.15) is 0 Å². The van der Waals surface area contributed by atoms with Crippen molar-refractivity contribution in [3.63, 3.8) is 0 Å². The molecule has 0 radical (unpaired) electrons. The van der Waals surface area contributed by atoms with Crippen LogP contribution >= 0.6 is 0 Å². The second-order valence-electron chi connectivity index (χ2n) is 8.47. The fourth-order valence-electron chi connectivity index (χ4n) is 4.89. The molecule has 0 aromatic heterocycles. The Morgan fingerprint density at radius 2 is 1.70 bits per heavy atom. The number of carboxylic acids is 1. The van der Waals surface area contributed by atoms with E-state index in [1.54, 1.807) is 0 Å². The smallest absolute Gasteiger partial charge is 0.407 e. The Bertz CT molecular complexity index is 1060. The quantitative estimate of drug-likeness (QED) is 0.637. The first-order valence-corrected chi connectivity index (χ1v) is 11.0. The summed E-state index contributed by atoms with van der Waals surface area (Å²) in [5.41, 5.74) is 4.62. The van der Waals surface area contributed by atoms with Crippen molar-refractivity contribution in [3.05, 3.63) is 59.7 Å². The van der Waals surface area contributed by atoms with E-state index < -0.39 is 18.6 Å². The van der Waals surface area contributed by atoms with Gasteiger partial charge in [0.15, 0.2) is 0 Å². The fraction of sp³-hybridized carbons (Fsp3) is 0.346. The van der Waals surface area contributed by atoms with Crippen molar-refractivity contribution in [3.8, 4) is 23.5 Å². The second kappa shape index (κ2) is 9.78. The van der Waals surface area contributed by atoms with Crippen LogP contribution in [-0.2, 0) is 14.3 Å². The van der Waals surface area contributed by atoms with Crippen LogP contribution in [0.25, 0.3) is 11.1 Å². The molecule has 1 fully saturated rings. The largest absolute Gasteiger partial charge is 0.480 e. The summed E-state index contributed by atoms with van der Waals surface area (Å²) in [5.74, 6) is 0.556. The number of carbonyl (C=O) groups is 3. The summed E-state index contributed by atoms with van der Waals surface area (Å²) in [6.07, 6.45) is 6.38. The highest BCUT2D eigenvalue weighted by Gasteiger charge is 2.34. The molecule has 170 valence electrons. The minimum Gasteiger partial charge on any atom is -0.480 e. The molecule has 2 N–H and O–H groups in total. The van der Waals surface area contributed by atoms with Gasteiger partial charge in [-0.15, -0.1) is 6.42 Å². The number of ether oxygens (including phenoxy) is 1. The van der Waals surface area contributed by atoms with Crippen LogP contribution in [0.5, 0.6) is 0 Å². The number of carboxylic acid groups (broad SMARTS) is 1. The van der Waals surface area contributed by atoms with Gasteiger partial charge in [0.2, 0.25) is 5.91 Å². The molecule has 0 aliphatic heterocycles. The lowest BCUT2D eigenvalue weighted by atomic mass is 9.98. The van der Waals surface area contributed by atoms with E-state index in [4.69, 9.17) is 16.3 Å². The summed E-state index contributed by atoms with van der Waals surface area (Å²) in [4.78, 5) is 37.3.